The first-order valence-corrected chi connectivity index (χ1v) is 7.43. The van der Waals surface area contributed by atoms with Gasteiger partial charge in [-0.05, 0) is 11.6 Å². The number of anilines is 1. The van der Waals surface area contributed by atoms with E-state index in [1.807, 2.05) is 29.6 Å². The van der Waals surface area contributed by atoms with Crippen molar-refractivity contribution >= 4 is 34.0 Å². The topological polar surface area (TPSA) is 51.2 Å². The van der Waals surface area contributed by atoms with Gasteiger partial charge in [-0.15, -0.1) is 11.3 Å². The number of hydrogen-bond acceptors (Lipinski definition) is 5. The molecular formula is C14H15ClN2O2S. The molecule has 0 saturated heterocycles. The van der Waals surface area contributed by atoms with Crippen LogP contribution in [0.25, 0.3) is 0 Å². The average Bonchev–Trinajstić information content (AvgIpc) is 2.92. The molecule has 0 saturated carbocycles. The first kappa shape index (κ1) is 14.8. The quantitative estimate of drug-likeness (QED) is 0.830. The lowest BCUT2D eigenvalue weighted by atomic mass is 10.2. The van der Waals surface area contributed by atoms with Crippen LogP contribution in [0.1, 0.15) is 17.7 Å². The van der Waals surface area contributed by atoms with Crippen LogP contribution in [0.3, 0.4) is 0 Å². The summed E-state index contributed by atoms with van der Waals surface area (Å²) in [5.41, 5.74) is 1.92. The molecule has 1 aromatic heterocycles. The average molecular weight is 311 g/mol. The second-order valence-corrected chi connectivity index (χ2v) is 5.43. The summed E-state index contributed by atoms with van der Waals surface area (Å²) in [7, 11) is 1.39. The number of nitrogens with zero attached hydrogens (tertiary/aromatic N) is 1. The predicted octanol–water partition coefficient (Wildman–Crippen LogP) is 3.51. The number of aryl methyl sites for hydroxylation is 1. The Morgan fingerprint density at radius 3 is 3.00 bits per heavy atom. The molecule has 0 aliphatic heterocycles. The zero-order chi connectivity index (χ0) is 14.4. The van der Waals surface area contributed by atoms with Gasteiger partial charge in [-0.1, -0.05) is 29.8 Å². The fourth-order valence-electron chi connectivity index (χ4n) is 1.65. The summed E-state index contributed by atoms with van der Waals surface area (Å²) in [4.78, 5) is 15.5. The van der Waals surface area contributed by atoms with Gasteiger partial charge in [-0.2, -0.15) is 0 Å². The molecule has 0 aliphatic carbocycles. The molecule has 1 heterocycles. The summed E-state index contributed by atoms with van der Waals surface area (Å²) < 4.78 is 4.60. The van der Waals surface area contributed by atoms with E-state index in [0.717, 1.165) is 21.4 Å². The van der Waals surface area contributed by atoms with Crippen molar-refractivity contribution in [2.24, 2.45) is 0 Å². The number of aromatic nitrogens is 1. The van der Waals surface area contributed by atoms with E-state index in [1.54, 1.807) is 0 Å². The summed E-state index contributed by atoms with van der Waals surface area (Å²) >= 11 is 7.60. The molecule has 6 heteroatoms. The molecule has 0 atom stereocenters. The number of hydrogen-bond donors (Lipinski definition) is 1. The van der Waals surface area contributed by atoms with Crippen molar-refractivity contribution in [2.75, 3.05) is 12.4 Å². The molecule has 0 bridgehead atoms. The first-order valence-electron chi connectivity index (χ1n) is 6.17. The molecule has 4 nitrogen and oxygen atoms in total. The van der Waals surface area contributed by atoms with E-state index in [9.17, 15) is 4.79 Å². The summed E-state index contributed by atoms with van der Waals surface area (Å²) in [6.07, 6.45) is 0.946. The van der Waals surface area contributed by atoms with Crippen molar-refractivity contribution in [3.63, 3.8) is 0 Å². The Labute approximate surface area is 126 Å². The van der Waals surface area contributed by atoms with E-state index in [4.69, 9.17) is 11.6 Å². The second-order valence-electron chi connectivity index (χ2n) is 4.17. The summed E-state index contributed by atoms with van der Waals surface area (Å²) in [6, 6.07) is 7.69. The zero-order valence-corrected chi connectivity index (χ0v) is 12.6. The zero-order valence-electron chi connectivity index (χ0n) is 11.1. The third-order valence-corrected chi connectivity index (χ3v) is 3.97. The fourth-order valence-corrected chi connectivity index (χ4v) is 2.59. The van der Waals surface area contributed by atoms with E-state index >= 15 is 0 Å². The van der Waals surface area contributed by atoms with Gasteiger partial charge in [-0.25, -0.2) is 4.98 Å². The number of carbonyl (C=O) groups excluding carboxylic acids is 1. The van der Waals surface area contributed by atoms with Crippen molar-refractivity contribution in [3.8, 4) is 0 Å². The largest absolute Gasteiger partial charge is 0.469 e. The third kappa shape index (κ3) is 4.21. The number of ether oxygens (including phenoxy) is 1. The highest BCUT2D eigenvalue weighted by molar-refractivity contribution is 7.13. The van der Waals surface area contributed by atoms with Gasteiger partial charge in [0, 0.05) is 23.4 Å². The van der Waals surface area contributed by atoms with Gasteiger partial charge >= 0.3 is 5.97 Å². The minimum absolute atomic E-state index is 0.219. The Hall–Kier alpha value is -1.59. The van der Waals surface area contributed by atoms with Crippen LogP contribution in [0.4, 0.5) is 5.13 Å². The predicted molar refractivity (Wildman–Crippen MR) is 81.2 cm³/mol. The maximum Gasteiger partial charge on any atom is 0.305 e. The number of benzene rings is 1. The highest BCUT2D eigenvalue weighted by Gasteiger charge is 2.06. The van der Waals surface area contributed by atoms with E-state index in [1.165, 1.54) is 18.4 Å². The minimum Gasteiger partial charge on any atom is -0.469 e. The number of thiazole rings is 1. The molecule has 0 unspecified atom stereocenters. The molecule has 0 amide bonds. The Morgan fingerprint density at radius 2 is 2.25 bits per heavy atom. The van der Waals surface area contributed by atoms with Gasteiger partial charge < -0.3 is 10.1 Å². The maximum absolute atomic E-state index is 11.1. The summed E-state index contributed by atoms with van der Waals surface area (Å²) in [5.74, 6) is -0.219. The standard InChI is InChI=1S/C14H15ClN2O2S/c1-19-13(18)7-6-11-9-20-14(17-11)16-8-10-4-2-3-5-12(10)15/h2-5,9H,6-8H2,1H3,(H,16,17). The van der Waals surface area contributed by atoms with Crippen LogP contribution < -0.4 is 5.32 Å². The van der Waals surface area contributed by atoms with Crippen molar-refractivity contribution in [2.45, 2.75) is 19.4 Å². The van der Waals surface area contributed by atoms with E-state index in [0.29, 0.717) is 19.4 Å². The SMILES string of the molecule is COC(=O)CCc1csc(NCc2ccccc2Cl)n1. The minimum atomic E-state index is -0.219. The number of rotatable bonds is 6. The Kier molecular flexibility index (Phi) is 5.38. The highest BCUT2D eigenvalue weighted by atomic mass is 35.5. The number of halogens is 1. The molecular weight excluding hydrogens is 296 g/mol. The van der Waals surface area contributed by atoms with Crippen molar-refractivity contribution in [3.05, 3.63) is 45.9 Å². The molecule has 1 aromatic carbocycles. The lowest BCUT2D eigenvalue weighted by Gasteiger charge is -2.04. The van der Waals surface area contributed by atoms with Crippen molar-refractivity contribution < 1.29 is 9.53 Å². The molecule has 0 radical (unpaired) electrons. The van der Waals surface area contributed by atoms with E-state index in [2.05, 4.69) is 15.0 Å². The van der Waals surface area contributed by atoms with Crippen molar-refractivity contribution in [1.82, 2.24) is 4.98 Å². The van der Waals surface area contributed by atoms with Crippen molar-refractivity contribution in [1.29, 1.82) is 0 Å². The fraction of sp³-hybridized carbons (Fsp3) is 0.286. The number of nitrogens with one attached hydrogen (secondary N) is 1. The lowest BCUT2D eigenvalue weighted by Crippen LogP contribution is -2.03. The van der Waals surface area contributed by atoms with Crippen LogP contribution in [0.15, 0.2) is 29.6 Å². The number of carbonyl (C=O) groups is 1. The van der Waals surface area contributed by atoms with Gasteiger partial charge in [0.15, 0.2) is 5.13 Å². The highest BCUT2D eigenvalue weighted by Crippen LogP contribution is 2.20. The van der Waals surface area contributed by atoms with Gasteiger partial charge in [0.05, 0.1) is 19.2 Å². The van der Waals surface area contributed by atoms with Gasteiger partial charge in [0.2, 0.25) is 0 Å². The first-order chi connectivity index (χ1) is 9.69. The molecule has 106 valence electrons. The van der Waals surface area contributed by atoms with Crippen LogP contribution in [0.2, 0.25) is 5.02 Å². The molecule has 1 N–H and O–H groups in total. The van der Waals surface area contributed by atoms with Gasteiger partial charge in [-0.3, -0.25) is 4.79 Å². The van der Waals surface area contributed by atoms with Crippen LogP contribution in [-0.2, 0) is 22.5 Å². The van der Waals surface area contributed by atoms with Gasteiger partial charge in [0.1, 0.15) is 0 Å². The molecule has 2 rings (SSSR count). The van der Waals surface area contributed by atoms with Crippen LogP contribution in [0, 0.1) is 0 Å². The van der Waals surface area contributed by atoms with E-state index < -0.39 is 0 Å². The summed E-state index contributed by atoms with van der Waals surface area (Å²) in [5, 5.41) is 6.74. The molecule has 0 fully saturated rings. The second kappa shape index (κ2) is 7.26. The molecule has 2 aromatic rings. The number of esters is 1. The Bertz CT molecular complexity index is 586. The van der Waals surface area contributed by atoms with Crippen LogP contribution in [-0.4, -0.2) is 18.1 Å². The Balaban J connectivity index is 1.87. The molecule has 0 spiro atoms. The van der Waals surface area contributed by atoms with Crippen LogP contribution >= 0.6 is 22.9 Å². The van der Waals surface area contributed by atoms with Gasteiger partial charge in [0.25, 0.3) is 0 Å². The van der Waals surface area contributed by atoms with Crippen LogP contribution in [0.5, 0.6) is 0 Å². The third-order valence-electron chi connectivity index (χ3n) is 2.75. The summed E-state index contributed by atoms with van der Waals surface area (Å²) in [6.45, 7) is 0.629. The number of methoxy groups -OCH3 is 1. The lowest BCUT2D eigenvalue weighted by molar-refractivity contribution is -0.140. The molecule has 20 heavy (non-hydrogen) atoms. The normalized spacial score (nSPS) is 10.3. The monoisotopic (exact) mass is 310 g/mol. The maximum atomic E-state index is 11.1. The van der Waals surface area contributed by atoms with E-state index in [-0.39, 0.29) is 5.97 Å². The molecule has 0 aliphatic rings. The smallest absolute Gasteiger partial charge is 0.305 e. The Morgan fingerprint density at radius 1 is 1.45 bits per heavy atom.